The Balaban J connectivity index is 0.000000307. The van der Waals surface area contributed by atoms with Crippen LogP contribution in [0, 0.1) is 0 Å². The van der Waals surface area contributed by atoms with Gasteiger partial charge in [-0.1, -0.05) is 11.6 Å². The van der Waals surface area contributed by atoms with Gasteiger partial charge in [0.25, 0.3) is 0 Å². The van der Waals surface area contributed by atoms with Gasteiger partial charge in [-0.2, -0.15) is 0 Å². The third-order valence-corrected chi connectivity index (χ3v) is 3.37. The molecular weight excluding hydrogens is 338 g/mol. The molecular formula is C15H20ClN3O5. The number of carboxylic acids is 2. The van der Waals surface area contributed by atoms with Gasteiger partial charge in [0.15, 0.2) is 10.9 Å². The largest absolute Gasteiger partial charge is 0.493 e. The second kappa shape index (κ2) is 10.5. The van der Waals surface area contributed by atoms with Gasteiger partial charge >= 0.3 is 11.9 Å². The van der Waals surface area contributed by atoms with Gasteiger partial charge in [-0.15, -0.1) is 0 Å². The molecule has 132 valence electrons. The van der Waals surface area contributed by atoms with Crippen molar-refractivity contribution in [3.05, 3.63) is 29.6 Å². The van der Waals surface area contributed by atoms with Crippen LogP contribution in [0.1, 0.15) is 6.42 Å². The van der Waals surface area contributed by atoms with Gasteiger partial charge in [0.2, 0.25) is 0 Å². The highest BCUT2D eigenvalue weighted by Crippen LogP contribution is 2.26. The number of nitrogens with one attached hydrogen (secondary N) is 1. The van der Waals surface area contributed by atoms with E-state index in [2.05, 4.69) is 15.2 Å². The maximum atomic E-state index is 9.55. The lowest BCUT2D eigenvalue weighted by atomic mass is 10.3. The molecule has 0 saturated carbocycles. The van der Waals surface area contributed by atoms with Crippen molar-refractivity contribution in [1.82, 2.24) is 10.3 Å². The first kappa shape index (κ1) is 19.7. The van der Waals surface area contributed by atoms with Crippen molar-refractivity contribution in [3.8, 4) is 5.75 Å². The number of pyridine rings is 1. The Labute approximate surface area is 144 Å². The summed E-state index contributed by atoms with van der Waals surface area (Å²) >= 11 is 5.90. The molecule has 1 fully saturated rings. The van der Waals surface area contributed by atoms with E-state index in [1.807, 2.05) is 6.07 Å². The van der Waals surface area contributed by atoms with Crippen LogP contribution in [0.2, 0.25) is 5.15 Å². The van der Waals surface area contributed by atoms with Gasteiger partial charge in [0, 0.05) is 37.9 Å². The molecule has 1 aliphatic rings. The lowest BCUT2D eigenvalue weighted by Crippen LogP contribution is -2.27. The van der Waals surface area contributed by atoms with Gasteiger partial charge < -0.3 is 25.2 Å². The normalized spacial score (nSPS) is 14.5. The third kappa shape index (κ3) is 7.30. The van der Waals surface area contributed by atoms with Crippen LogP contribution >= 0.6 is 11.6 Å². The van der Waals surface area contributed by atoms with E-state index in [4.69, 9.17) is 26.6 Å². The Morgan fingerprint density at radius 2 is 1.96 bits per heavy atom. The summed E-state index contributed by atoms with van der Waals surface area (Å²) < 4.78 is 5.17. The van der Waals surface area contributed by atoms with Crippen molar-refractivity contribution in [1.29, 1.82) is 0 Å². The smallest absolute Gasteiger partial charge is 0.328 e. The number of aromatic nitrogens is 1. The number of aliphatic carboxylic acids is 2. The van der Waals surface area contributed by atoms with E-state index in [9.17, 15) is 9.59 Å². The molecule has 0 bridgehead atoms. The number of halogens is 1. The summed E-state index contributed by atoms with van der Waals surface area (Å²) in [6.07, 6.45) is 4.06. The van der Waals surface area contributed by atoms with E-state index in [1.54, 1.807) is 13.3 Å². The average molecular weight is 358 g/mol. The van der Waals surface area contributed by atoms with E-state index in [0.717, 1.165) is 38.3 Å². The zero-order valence-corrected chi connectivity index (χ0v) is 14.0. The molecule has 2 rings (SSSR count). The quantitative estimate of drug-likeness (QED) is 0.545. The Morgan fingerprint density at radius 3 is 2.54 bits per heavy atom. The Hall–Kier alpha value is -2.32. The fraction of sp³-hybridized carbons (Fsp3) is 0.400. The number of nitrogens with zero attached hydrogens (tertiary/aromatic N) is 2. The lowest BCUT2D eigenvalue weighted by molar-refractivity contribution is -0.134. The van der Waals surface area contributed by atoms with E-state index < -0.39 is 11.9 Å². The maximum absolute atomic E-state index is 9.55. The molecule has 1 aromatic heterocycles. The summed E-state index contributed by atoms with van der Waals surface area (Å²) in [5.74, 6) is -1.88. The molecule has 0 aromatic carbocycles. The second-order valence-corrected chi connectivity index (χ2v) is 5.15. The summed E-state index contributed by atoms with van der Waals surface area (Å²) in [4.78, 5) is 25.5. The standard InChI is InChI=1S/C11H16ClN3O.C4H4O4/c1-16-10-7-9(8-14-11(10)12)15-5-2-3-13-4-6-15;5-3(6)1-2-4(7)8/h7-8,13H,2-6H2,1H3;1-2H,(H,5,6)(H,7,8)/b;2-1+. The van der Waals surface area contributed by atoms with Crippen LogP contribution < -0.4 is 15.0 Å². The molecule has 0 spiro atoms. The first-order chi connectivity index (χ1) is 11.4. The molecule has 3 N–H and O–H groups in total. The van der Waals surface area contributed by atoms with Crippen molar-refractivity contribution in [2.75, 3.05) is 38.2 Å². The summed E-state index contributed by atoms with van der Waals surface area (Å²) in [6.45, 7) is 4.12. The summed E-state index contributed by atoms with van der Waals surface area (Å²) in [6, 6.07) is 1.95. The Bertz CT molecular complexity index is 570. The Morgan fingerprint density at radius 1 is 1.29 bits per heavy atom. The van der Waals surface area contributed by atoms with E-state index >= 15 is 0 Å². The number of ether oxygens (including phenoxy) is 1. The van der Waals surface area contributed by atoms with Crippen molar-refractivity contribution in [2.45, 2.75) is 6.42 Å². The predicted molar refractivity (Wildman–Crippen MR) is 89.9 cm³/mol. The molecule has 1 aromatic rings. The molecule has 24 heavy (non-hydrogen) atoms. The number of hydrogen-bond donors (Lipinski definition) is 3. The fourth-order valence-corrected chi connectivity index (χ4v) is 2.16. The zero-order chi connectivity index (χ0) is 17.9. The highest BCUT2D eigenvalue weighted by molar-refractivity contribution is 6.30. The van der Waals surface area contributed by atoms with Crippen molar-refractivity contribution in [2.24, 2.45) is 0 Å². The molecule has 0 aliphatic carbocycles. The van der Waals surface area contributed by atoms with Crippen LogP contribution in [0.3, 0.4) is 0 Å². The molecule has 1 saturated heterocycles. The maximum Gasteiger partial charge on any atom is 0.328 e. The third-order valence-electron chi connectivity index (χ3n) is 3.09. The molecule has 9 heteroatoms. The first-order valence-electron chi connectivity index (χ1n) is 7.23. The van der Waals surface area contributed by atoms with Crippen LogP contribution in [-0.4, -0.2) is 60.4 Å². The van der Waals surface area contributed by atoms with Crippen LogP contribution in [0.25, 0.3) is 0 Å². The highest BCUT2D eigenvalue weighted by Gasteiger charge is 2.12. The Kier molecular flexibility index (Phi) is 8.59. The van der Waals surface area contributed by atoms with Crippen LogP contribution in [0.15, 0.2) is 24.4 Å². The van der Waals surface area contributed by atoms with Gasteiger partial charge in [0.1, 0.15) is 0 Å². The number of rotatable bonds is 4. The van der Waals surface area contributed by atoms with Crippen LogP contribution in [0.4, 0.5) is 5.69 Å². The van der Waals surface area contributed by atoms with Crippen LogP contribution in [0.5, 0.6) is 5.75 Å². The molecule has 0 unspecified atom stereocenters. The van der Waals surface area contributed by atoms with Crippen molar-refractivity contribution < 1.29 is 24.5 Å². The number of carboxylic acid groups (broad SMARTS) is 2. The fourth-order valence-electron chi connectivity index (χ4n) is 1.98. The van der Waals surface area contributed by atoms with Gasteiger partial charge in [-0.3, -0.25) is 0 Å². The number of carbonyl (C=O) groups is 2. The monoisotopic (exact) mass is 357 g/mol. The molecule has 8 nitrogen and oxygen atoms in total. The zero-order valence-electron chi connectivity index (χ0n) is 13.2. The minimum absolute atomic E-state index is 0.416. The lowest BCUT2D eigenvalue weighted by Gasteiger charge is -2.22. The topological polar surface area (TPSA) is 112 Å². The van der Waals surface area contributed by atoms with Crippen molar-refractivity contribution >= 4 is 29.2 Å². The minimum Gasteiger partial charge on any atom is -0.493 e. The average Bonchev–Trinajstić information content (AvgIpc) is 2.83. The molecule has 0 atom stereocenters. The molecule has 2 heterocycles. The van der Waals surface area contributed by atoms with Crippen molar-refractivity contribution in [3.63, 3.8) is 0 Å². The number of anilines is 1. The van der Waals surface area contributed by atoms with E-state index in [-0.39, 0.29) is 0 Å². The minimum atomic E-state index is -1.26. The molecule has 0 amide bonds. The second-order valence-electron chi connectivity index (χ2n) is 4.79. The summed E-state index contributed by atoms with van der Waals surface area (Å²) in [5, 5.41) is 19.4. The SMILES string of the molecule is COc1cc(N2CCCNCC2)cnc1Cl.O=C(O)/C=C/C(=O)O. The number of hydrogen-bond acceptors (Lipinski definition) is 6. The number of methoxy groups -OCH3 is 1. The summed E-state index contributed by atoms with van der Waals surface area (Å²) in [7, 11) is 1.61. The predicted octanol–water partition coefficient (Wildman–Crippen LogP) is 1.26. The van der Waals surface area contributed by atoms with Crippen LogP contribution in [-0.2, 0) is 9.59 Å². The van der Waals surface area contributed by atoms with Gasteiger partial charge in [-0.25, -0.2) is 14.6 Å². The highest BCUT2D eigenvalue weighted by atomic mass is 35.5. The van der Waals surface area contributed by atoms with E-state index in [1.165, 1.54) is 0 Å². The molecule has 0 radical (unpaired) electrons. The summed E-state index contributed by atoms with van der Waals surface area (Å²) in [5.41, 5.74) is 1.07. The van der Waals surface area contributed by atoms with E-state index in [0.29, 0.717) is 23.1 Å². The van der Waals surface area contributed by atoms with Gasteiger partial charge in [0.05, 0.1) is 19.0 Å². The molecule has 1 aliphatic heterocycles. The van der Waals surface area contributed by atoms with Gasteiger partial charge in [-0.05, 0) is 13.0 Å². The first-order valence-corrected chi connectivity index (χ1v) is 7.61.